The number of nitrogens with zero attached hydrogens (tertiary/aromatic N) is 2. The van der Waals surface area contributed by atoms with E-state index >= 15 is 0 Å². The predicted molar refractivity (Wildman–Crippen MR) is 128 cm³/mol. The van der Waals surface area contributed by atoms with Gasteiger partial charge in [-0.15, -0.1) is 0 Å². The van der Waals surface area contributed by atoms with E-state index in [0.717, 1.165) is 24.8 Å². The number of nitrogens with one attached hydrogen (secondary N) is 2. The number of benzene rings is 2. The molecule has 2 aromatic carbocycles. The van der Waals surface area contributed by atoms with Crippen LogP contribution in [-0.4, -0.2) is 21.6 Å². The Morgan fingerprint density at radius 2 is 1.70 bits per heavy atom. The fourth-order valence-electron chi connectivity index (χ4n) is 4.60. The van der Waals surface area contributed by atoms with Crippen LogP contribution in [0.4, 0.5) is 0 Å². The van der Waals surface area contributed by atoms with Gasteiger partial charge in [0.25, 0.3) is 11.5 Å². The number of halogens is 1. The van der Waals surface area contributed by atoms with Crippen molar-refractivity contribution in [2.75, 3.05) is 0 Å². The van der Waals surface area contributed by atoms with Crippen LogP contribution in [0, 0.1) is 0 Å². The highest BCUT2D eigenvalue weighted by atomic mass is 35.5. The maximum atomic E-state index is 13.4. The SMILES string of the molecule is CC(C)n1nc(C(=O)NNC(=O)C2(c3cccc(Cl)c3)CCCCC2)c2ccccc2c1=O. The maximum absolute atomic E-state index is 13.4. The smallest absolute Gasteiger partial charge is 0.272 e. The molecule has 2 amide bonds. The fraction of sp³-hybridized carbons (Fsp3) is 0.360. The van der Waals surface area contributed by atoms with Gasteiger partial charge in [0, 0.05) is 10.4 Å². The molecule has 33 heavy (non-hydrogen) atoms. The van der Waals surface area contributed by atoms with E-state index in [9.17, 15) is 14.4 Å². The molecule has 0 saturated heterocycles. The number of rotatable bonds is 4. The van der Waals surface area contributed by atoms with E-state index in [1.165, 1.54) is 4.68 Å². The minimum absolute atomic E-state index is 0.0830. The van der Waals surface area contributed by atoms with Crippen LogP contribution >= 0.6 is 11.6 Å². The van der Waals surface area contributed by atoms with Gasteiger partial charge in [0.1, 0.15) is 0 Å². The molecule has 1 saturated carbocycles. The summed E-state index contributed by atoms with van der Waals surface area (Å²) in [6.07, 6.45) is 4.25. The molecule has 0 spiro atoms. The molecule has 1 aliphatic rings. The third-order valence-corrected chi connectivity index (χ3v) is 6.58. The molecule has 1 aliphatic carbocycles. The first kappa shape index (κ1) is 23.0. The number of fused-ring (bicyclic) bond motifs is 1. The van der Waals surface area contributed by atoms with E-state index in [2.05, 4.69) is 16.0 Å². The summed E-state index contributed by atoms with van der Waals surface area (Å²) in [5, 5.41) is 5.71. The Labute approximate surface area is 197 Å². The molecule has 0 unspecified atom stereocenters. The van der Waals surface area contributed by atoms with Crippen molar-refractivity contribution in [1.82, 2.24) is 20.6 Å². The molecular formula is C25H27ClN4O3. The number of amides is 2. The van der Waals surface area contributed by atoms with Gasteiger partial charge < -0.3 is 0 Å². The highest BCUT2D eigenvalue weighted by Gasteiger charge is 2.41. The van der Waals surface area contributed by atoms with Crippen LogP contribution in [0.15, 0.2) is 53.3 Å². The second-order valence-corrected chi connectivity index (χ2v) is 9.24. The summed E-state index contributed by atoms with van der Waals surface area (Å²) < 4.78 is 1.29. The fourth-order valence-corrected chi connectivity index (χ4v) is 4.80. The average molecular weight is 467 g/mol. The van der Waals surface area contributed by atoms with E-state index < -0.39 is 11.3 Å². The lowest BCUT2D eigenvalue weighted by molar-refractivity contribution is -0.128. The van der Waals surface area contributed by atoms with Gasteiger partial charge >= 0.3 is 0 Å². The predicted octanol–water partition coefficient (Wildman–Crippen LogP) is 4.29. The quantitative estimate of drug-likeness (QED) is 0.561. The zero-order valence-electron chi connectivity index (χ0n) is 18.7. The molecule has 0 bridgehead atoms. The summed E-state index contributed by atoms with van der Waals surface area (Å²) >= 11 is 6.21. The van der Waals surface area contributed by atoms with Crippen molar-refractivity contribution in [1.29, 1.82) is 0 Å². The lowest BCUT2D eigenvalue weighted by Gasteiger charge is -2.36. The number of hydrogen-bond donors (Lipinski definition) is 2. The van der Waals surface area contributed by atoms with Gasteiger partial charge in [0.15, 0.2) is 5.69 Å². The van der Waals surface area contributed by atoms with Gasteiger partial charge in [-0.1, -0.05) is 61.2 Å². The second-order valence-electron chi connectivity index (χ2n) is 8.80. The summed E-state index contributed by atoms with van der Waals surface area (Å²) in [5.41, 5.74) is 5.07. The Balaban J connectivity index is 1.63. The van der Waals surface area contributed by atoms with E-state index in [4.69, 9.17) is 11.6 Å². The zero-order chi connectivity index (χ0) is 23.6. The van der Waals surface area contributed by atoms with Crippen molar-refractivity contribution in [3.63, 3.8) is 0 Å². The zero-order valence-corrected chi connectivity index (χ0v) is 19.5. The van der Waals surface area contributed by atoms with Crippen molar-refractivity contribution < 1.29 is 9.59 Å². The highest BCUT2D eigenvalue weighted by Crippen LogP contribution is 2.40. The Bertz CT molecular complexity index is 1260. The minimum Gasteiger partial charge on any atom is -0.272 e. The van der Waals surface area contributed by atoms with Crippen LogP contribution in [0.2, 0.25) is 5.02 Å². The van der Waals surface area contributed by atoms with Crippen LogP contribution in [0.1, 0.15) is 68.0 Å². The largest absolute Gasteiger partial charge is 0.290 e. The topological polar surface area (TPSA) is 93.1 Å². The molecule has 1 aromatic heterocycles. The molecule has 3 aromatic rings. The minimum atomic E-state index is -0.761. The molecule has 4 rings (SSSR count). The van der Waals surface area contributed by atoms with Gasteiger partial charge in [0.05, 0.1) is 16.8 Å². The van der Waals surface area contributed by atoms with E-state index in [-0.39, 0.29) is 23.2 Å². The molecule has 7 nitrogen and oxygen atoms in total. The Morgan fingerprint density at radius 3 is 2.36 bits per heavy atom. The average Bonchev–Trinajstić information content (AvgIpc) is 2.83. The Morgan fingerprint density at radius 1 is 1.00 bits per heavy atom. The summed E-state index contributed by atoms with van der Waals surface area (Å²) in [7, 11) is 0. The van der Waals surface area contributed by atoms with Crippen molar-refractivity contribution in [2.45, 2.75) is 57.4 Å². The van der Waals surface area contributed by atoms with Crippen LogP contribution in [0.3, 0.4) is 0 Å². The number of hydrazine groups is 1. The van der Waals surface area contributed by atoms with Gasteiger partial charge in [-0.3, -0.25) is 25.2 Å². The number of carbonyl (C=O) groups is 2. The molecule has 8 heteroatoms. The van der Waals surface area contributed by atoms with Gasteiger partial charge in [-0.2, -0.15) is 5.10 Å². The van der Waals surface area contributed by atoms with E-state index in [0.29, 0.717) is 28.6 Å². The number of carbonyl (C=O) groups excluding carboxylic acids is 2. The maximum Gasteiger partial charge on any atom is 0.290 e. The van der Waals surface area contributed by atoms with Gasteiger partial charge in [-0.25, -0.2) is 4.68 Å². The van der Waals surface area contributed by atoms with Crippen LogP contribution in [-0.2, 0) is 10.2 Å². The monoisotopic (exact) mass is 466 g/mol. The molecule has 0 radical (unpaired) electrons. The first-order valence-corrected chi connectivity index (χ1v) is 11.6. The highest BCUT2D eigenvalue weighted by molar-refractivity contribution is 6.30. The molecule has 1 heterocycles. The van der Waals surface area contributed by atoms with Gasteiger partial charge in [-0.05, 0) is 50.5 Å². The third kappa shape index (κ3) is 4.37. The summed E-state index contributed by atoms with van der Waals surface area (Å²) in [6, 6.07) is 14.0. The standard InChI is InChI=1S/C25H27ClN4O3/c1-16(2)30-23(32)20-12-5-4-11-19(20)21(29-30)22(31)27-28-24(33)25(13-6-3-7-14-25)17-9-8-10-18(26)15-17/h4-5,8-12,15-16H,3,6-7,13-14H2,1-2H3,(H,27,31)(H,28,33). The lowest BCUT2D eigenvalue weighted by atomic mass is 9.69. The summed E-state index contributed by atoms with van der Waals surface area (Å²) in [5.74, 6) is -0.856. The molecule has 2 N–H and O–H groups in total. The molecule has 0 atom stereocenters. The molecule has 0 aliphatic heterocycles. The normalized spacial score (nSPS) is 15.4. The van der Waals surface area contributed by atoms with Gasteiger partial charge in [0.2, 0.25) is 5.91 Å². The number of aromatic nitrogens is 2. The number of hydrogen-bond acceptors (Lipinski definition) is 4. The lowest BCUT2D eigenvalue weighted by Crippen LogP contribution is -2.52. The Hall–Kier alpha value is -3.19. The molecule has 172 valence electrons. The summed E-state index contributed by atoms with van der Waals surface area (Å²) in [6.45, 7) is 3.65. The first-order valence-electron chi connectivity index (χ1n) is 11.2. The van der Waals surface area contributed by atoms with Crippen LogP contribution < -0.4 is 16.4 Å². The second kappa shape index (κ2) is 9.35. The van der Waals surface area contributed by atoms with E-state index in [1.807, 2.05) is 32.0 Å². The molecule has 1 fully saturated rings. The van der Waals surface area contributed by atoms with Crippen LogP contribution in [0.5, 0.6) is 0 Å². The third-order valence-electron chi connectivity index (χ3n) is 6.34. The van der Waals surface area contributed by atoms with Crippen LogP contribution in [0.25, 0.3) is 10.8 Å². The Kier molecular flexibility index (Phi) is 6.51. The van der Waals surface area contributed by atoms with E-state index in [1.54, 1.807) is 30.3 Å². The van der Waals surface area contributed by atoms with Crippen molar-refractivity contribution in [3.8, 4) is 0 Å². The summed E-state index contributed by atoms with van der Waals surface area (Å²) in [4.78, 5) is 39.3. The van der Waals surface area contributed by atoms with Crippen molar-refractivity contribution >= 4 is 34.2 Å². The van der Waals surface area contributed by atoms with Crippen molar-refractivity contribution in [2.24, 2.45) is 0 Å². The first-order chi connectivity index (χ1) is 15.8. The molecular weight excluding hydrogens is 440 g/mol. The van der Waals surface area contributed by atoms with Crippen molar-refractivity contribution in [3.05, 3.63) is 75.2 Å².